The molecule has 2 atom stereocenters. The van der Waals surface area contributed by atoms with Crippen LogP contribution in [0.2, 0.25) is 0 Å². The minimum absolute atomic E-state index is 0.0286. The van der Waals surface area contributed by atoms with Gasteiger partial charge < -0.3 is 27.9 Å². The van der Waals surface area contributed by atoms with E-state index in [1.807, 2.05) is 28.1 Å². The molecule has 0 saturated heterocycles. The smallest absolute Gasteiger partial charge is 0.306 e. The van der Waals surface area contributed by atoms with Crippen molar-refractivity contribution in [1.82, 2.24) is 0 Å². The van der Waals surface area contributed by atoms with Crippen molar-refractivity contribution in [1.29, 1.82) is 0 Å². The van der Waals surface area contributed by atoms with Crippen LogP contribution >= 0.6 is 7.82 Å². The Labute approximate surface area is 321 Å². The predicted octanol–water partition coefficient (Wildman–Crippen LogP) is 11.4. The molecule has 52 heavy (non-hydrogen) atoms. The molecular formula is C42H84NO8P. The van der Waals surface area contributed by atoms with Gasteiger partial charge in [-0.15, -0.1) is 0 Å². The Kier molecular flexibility index (Phi) is 35.0. The first-order valence-electron chi connectivity index (χ1n) is 21.7. The van der Waals surface area contributed by atoms with E-state index >= 15 is 0 Å². The van der Waals surface area contributed by atoms with Gasteiger partial charge in [-0.2, -0.15) is 0 Å². The van der Waals surface area contributed by atoms with E-state index < -0.39 is 26.5 Å². The Morgan fingerprint density at radius 1 is 0.519 bits per heavy atom. The molecule has 0 aromatic carbocycles. The maximum Gasteiger partial charge on any atom is 0.306 e. The molecule has 0 aliphatic heterocycles. The minimum Gasteiger partial charge on any atom is -0.756 e. The lowest BCUT2D eigenvalue weighted by Crippen LogP contribution is -2.37. The van der Waals surface area contributed by atoms with E-state index in [1.54, 1.807) is 0 Å². The van der Waals surface area contributed by atoms with Gasteiger partial charge in [0.25, 0.3) is 7.82 Å². The van der Waals surface area contributed by atoms with Gasteiger partial charge in [0.15, 0.2) is 6.10 Å². The van der Waals surface area contributed by atoms with Gasteiger partial charge in [-0.3, -0.25) is 14.2 Å². The summed E-state index contributed by atoms with van der Waals surface area (Å²) in [5.74, 6) is -0.884. The number of hydrogen-bond acceptors (Lipinski definition) is 8. The summed E-state index contributed by atoms with van der Waals surface area (Å²) < 4.78 is 33.1. The van der Waals surface area contributed by atoms with E-state index in [9.17, 15) is 19.0 Å². The normalized spacial score (nSPS) is 13.6. The van der Waals surface area contributed by atoms with Crippen molar-refractivity contribution in [2.45, 2.75) is 213 Å². The number of unbranched alkanes of at least 4 members (excludes halogenated alkanes) is 26. The molecule has 0 aliphatic rings. The molecule has 0 rings (SSSR count). The number of carbonyl (C=O) groups excluding carboxylic acids is 2. The summed E-state index contributed by atoms with van der Waals surface area (Å²) in [4.78, 5) is 36.4. The lowest BCUT2D eigenvalue weighted by Gasteiger charge is -2.28. The lowest BCUT2D eigenvalue weighted by atomic mass is 10.0. The average molecular weight is 762 g/mol. The number of rotatable bonds is 40. The summed E-state index contributed by atoms with van der Waals surface area (Å²) in [6, 6.07) is 0. The number of hydrogen-bond donors (Lipinski definition) is 0. The Hall–Kier alpha value is -0.990. The van der Waals surface area contributed by atoms with Crippen LogP contribution in [0.5, 0.6) is 0 Å². The van der Waals surface area contributed by atoms with Gasteiger partial charge in [0.05, 0.1) is 27.7 Å². The largest absolute Gasteiger partial charge is 0.756 e. The van der Waals surface area contributed by atoms with E-state index in [0.29, 0.717) is 17.4 Å². The first-order valence-corrected chi connectivity index (χ1v) is 23.2. The van der Waals surface area contributed by atoms with Crippen molar-refractivity contribution in [3.8, 4) is 0 Å². The van der Waals surface area contributed by atoms with Crippen LogP contribution in [-0.2, 0) is 32.7 Å². The molecular weight excluding hydrogens is 677 g/mol. The summed E-state index contributed by atoms with van der Waals surface area (Å²) in [5, 5.41) is 0. The summed E-state index contributed by atoms with van der Waals surface area (Å²) in [5.41, 5.74) is 0. The van der Waals surface area contributed by atoms with Gasteiger partial charge in [0.1, 0.15) is 19.8 Å². The zero-order chi connectivity index (χ0) is 38.6. The van der Waals surface area contributed by atoms with Crippen LogP contribution in [0.15, 0.2) is 0 Å². The van der Waals surface area contributed by atoms with Gasteiger partial charge in [-0.05, 0) is 12.8 Å². The molecule has 0 spiro atoms. The second kappa shape index (κ2) is 35.7. The van der Waals surface area contributed by atoms with Crippen LogP contribution in [0, 0.1) is 0 Å². The fourth-order valence-corrected chi connectivity index (χ4v) is 6.95. The van der Waals surface area contributed by atoms with Crippen LogP contribution in [0.3, 0.4) is 0 Å². The number of carbonyl (C=O) groups is 2. The summed E-state index contributed by atoms with van der Waals surface area (Å²) in [7, 11) is 1.17. The van der Waals surface area contributed by atoms with E-state index in [2.05, 4.69) is 6.92 Å². The molecule has 1 unspecified atom stereocenters. The molecule has 0 bridgehead atoms. The molecule has 0 fully saturated rings. The zero-order valence-electron chi connectivity index (χ0n) is 34.8. The highest BCUT2D eigenvalue weighted by molar-refractivity contribution is 7.45. The summed E-state index contributed by atoms with van der Waals surface area (Å²) >= 11 is 0. The van der Waals surface area contributed by atoms with Crippen molar-refractivity contribution in [3.63, 3.8) is 0 Å². The number of likely N-dealkylation sites (N-methyl/N-ethyl adjacent to an activating group) is 1. The molecule has 10 heteroatoms. The van der Waals surface area contributed by atoms with Crippen molar-refractivity contribution >= 4 is 19.8 Å². The molecule has 0 amide bonds. The molecule has 0 heterocycles. The van der Waals surface area contributed by atoms with E-state index in [-0.39, 0.29) is 32.0 Å². The standard InChI is InChI=1S/C42H84NO8P/c1-6-8-9-10-11-12-13-14-15-16-17-18-19-20-21-22-23-24-25-26-27-28-29-30-31-32-33-35-41(44)48-38-40(51-42(45)34-7-2)39-50-52(46,47)49-37-36-43(3,4)5/h40H,6-39H2,1-5H3/t40-/m1/s1. The molecule has 0 aromatic heterocycles. The minimum atomic E-state index is -4.59. The van der Waals surface area contributed by atoms with Gasteiger partial charge in [0.2, 0.25) is 0 Å². The van der Waals surface area contributed by atoms with E-state index in [0.717, 1.165) is 19.3 Å². The fraction of sp³-hybridized carbons (Fsp3) is 0.952. The maximum atomic E-state index is 12.3. The van der Waals surface area contributed by atoms with Crippen molar-refractivity contribution < 1.29 is 42.1 Å². The van der Waals surface area contributed by atoms with Crippen molar-refractivity contribution in [3.05, 3.63) is 0 Å². The number of quaternary nitrogens is 1. The number of esters is 2. The second-order valence-electron chi connectivity index (χ2n) is 16.1. The molecule has 0 radical (unpaired) electrons. The van der Waals surface area contributed by atoms with Crippen LogP contribution in [0.1, 0.15) is 206 Å². The second-order valence-corrected chi connectivity index (χ2v) is 17.5. The van der Waals surface area contributed by atoms with E-state index in [1.165, 1.54) is 154 Å². The van der Waals surface area contributed by atoms with Crippen LogP contribution in [0.4, 0.5) is 0 Å². The highest BCUT2D eigenvalue weighted by Gasteiger charge is 2.21. The van der Waals surface area contributed by atoms with Gasteiger partial charge in [0, 0.05) is 12.8 Å². The molecule has 0 aliphatic carbocycles. The van der Waals surface area contributed by atoms with Gasteiger partial charge >= 0.3 is 11.9 Å². The van der Waals surface area contributed by atoms with Gasteiger partial charge in [-0.25, -0.2) is 0 Å². The predicted molar refractivity (Wildman–Crippen MR) is 213 cm³/mol. The maximum absolute atomic E-state index is 12.3. The Bertz CT molecular complexity index is 865. The third kappa shape index (κ3) is 38.7. The lowest BCUT2D eigenvalue weighted by molar-refractivity contribution is -0.870. The first-order chi connectivity index (χ1) is 25.0. The van der Waals surface area contributed by atoms with Gasteiger partial charge in [-0.1, -0.05) is 181 Å². The topological polar surface area (TPSA) is 111 Å². The highest BCUT2D eigenvalue weighted by Crippen LogP contribution is 2.38. The summed E-state index contributed by atoms with van der Waals surface area (Å²) in [6.45, 7) is 3.85. The summed E-state index contributed by atoms with van der Waals surface area (Å²) in [6.07, 6.45) is 36.3. The highest BCUT2D eigenvalue weighted by atomic mass is 31.2. The molecule has 9 nitrogen and oxygen atoms in total. The Morgan fingerprint density at radius 2 is 0.904 bits per heavy atom. The quantitative estimate of drug-likeness (QED) is 0.0263. The number of nitrogens with zero attached hydrogens (tertiary/aromatic N) is 1. The Morgan fingerprint density at radius 3 is 1.27 bits per heavy atom. The van der Waals surface area contributed by atoms with Crippen LogP contribution < -0.4 is 4.89 Å². The third-order valence-corrected chi connectivity index (χ3v) is 10.6. The van der Waals surface area contributed by atoms with E-state index in [4.69, 9.17) is 18.5 Å². The molecule has 0 saturated carbocycles. The first kappa shape index (κ1) is 51.0. The molecule has 0 N–H and O–H groups in total. The zero-order valence-corrected chi connectivity index (χ0v) is 35.7. The number of ether oxygens (including phenoxy) is 2. The van der Waals surface area contributed by atoms with Crippen molar-refractivity contribution in [2.75, 3.05) is 47.5 Å². The Balaban J connectivity index is 3.68. The molecule has 0 aromatic rings. The van der Waals surface area contributed by atoms with Crippen LogP contribution in [-0.4, -0.2) is 70.0 Å². The van der Waals surface area contributed by atoms with Crippen molar-refractivity contribution in [2.24, 2.45) is 0 Å². The fourth-order valence-electron chi connectivity index (χ4n) is 6.22. The number of phosphoric acid groups is 1. The monoisotopic (exact) mass is 762 g/mol. The SMILES string of the molecule is CCCCCCCCCCCCCCCCCCCCCCCCCCCCCC(=O)OC[C@H](COP(=O)([O-])OCC[N+](C)(C)C)OC(=O)CCC. The van der Waals surface area contributed by atoms with Crippen LogP contribution in [0.25, 0.3) is 0 Å². The third-order valence-electron chi connectivity index (χ3n) is 9.60. The average Bonchev–Trinajstić information content (AvgIpc) is 3.08. The number of phosphoric ester groups is 1. The molecule has 310 valence electrons.